The number of rotatable bonds is 3. The predicted molar refractivity (Wildman–Crippen MR) is 55.2 cm³/mol. The van der Waals surface area contributed by atoms with E-state index in [1.54, 1.807) is 0 Å². The number of hydrogen-bond donors (Lipinski definition) is 3. The Labute approximate surface area is 105 Å². The normalized spacial score (nSPS) is 19.8. The molecule has 0 aromatic heterocycles. The largest absolute Gasteiger partial charge is 0.480 e. The Morgan fingerprint density at radius 2 is 2.11 bits per heavy atom. The molecule has 1 heterocycles. The fraction of sp³-hybridized carbons (Fsp3) is 0.667. The van der Waals surface area contributed by atoms with E-state index in [9.17, 15) is 27.6 Å². The highest BCUT2D eigenvalue weighted by atomic mass is 19.4. The predicted octanol–water partition coefficient (Wildman–Crippen LogP) is -0.467. The van der Waals surface area contributed by atoms with Crippen LogP contribution in [0.4, 0.5) is 18.0 Å². The topological polar surface area (TPSA) is 98.7 Å². The van der Waals surface area contributed by atoms with Gasteiger partial charge < -0.3 is 15.7 Å². The average Bonchev–Trinajstić information content (AvgIpc) is 2.26. The van der Waals surface area contributed by atoms with Gasteiger partial charge in [-0.25, -0.2) is 9.59 Å². The minimum atomic E-state index is -4.42. The lowest BCUT2D eigenvalue weighted by Gasteiger charge is -2.32. The van der Waals surface area contributed by atoms with Crippen LogP contribution < -0.4 is 10.6 Å². The van der Waals surface area contributed by atoms with Gasteiger partial charge >= 0.3 is 18.2 Å². The van der Waals surface area contributed by atoms with Crippen LogP contribution in [-0.4, -0.2) is 59.8 Å². The summed E-state index contributed by atoms with van der Waals surface area (Å²) in [4.78, 5) is 34.2. The van der Waals surface area contributed by atoms with Gasteiger partial charge in [-0.15, -0.1) is 0 Å². The summed E-state index contributed by atoms with van der Waals surface area (Å²) in [6, 6.07) is -2.30. The molecule has 0 saturated carbocycles. The highest BCUT2D eigenvalue weighted by Crippen LogP contribution is 2.18. The number of piperazine rings is 1. The molecule has 3 amide bonds. The molecule has 0 spiro atoms. The van der Waals surface area contributed by atoms with Crippen molar-refractivity contribution in [1.82, 2.24) is 15.5 Å². The van der Waals surface area contributed by atoms with Crippen molar-refractivity contribution in [2.24, 2.45) is 0 Å². The van der Waals surface area contributed by atoms with Gasteiger partial charge in [-0.05, 0) is 0 Å². The van der Waals surface area contributed by atoms with Crippen LogP contribution in [-0.2, 0) is 9.59 Å². The first kappa shape index (κ1) is 15.1. The number of alkyl halides is 3. The summed E-state index contributed by atoms with van der Waals surface area (Å²) in [5, 5.41) is 13.0. The second-order valence-corrected chi connectivity index (χ2v) is 3.88. The van der Waals surface area contributed by atoms with Gasteiger partial charge in [0.2, 0.25) is 5.91 Å². The second kappa shape index (κ2) is 5.76. The molecular weight excluding hydrogens is 271 g/mol. The molecule has 0 aromatic carbocycles. The van der Waals surface area contributed by atoms with Crippen molar-refractivity contribution in [3.05, 3.63) is 0 Å². The van der Waals surface area contributed by atoms with Gasteiger partial charge in [0.15, 0.2) is 0 Å². The van der Waals surface area contributed by atoms with E-state index in [0.717, 1.165) is 0 Å². The lowest BCUT2D eigenvalue weighted by atomic mass is 10.2. The van der Waals surface area contributed by atoms with E-state index in [1.165, 1.54) is 0 Å². The Bertz CT molecular complexity index is 385. The first-order chi connectivity index (χ1) is 8.70. The third-order valence-corrected chi connectivity index (χ3v) is 2.41. The number of carbonyl (C=O) groups excluding carboxylic acids is 2. The van der Waals surface area contributed by atoms with Crippen molar-refractivity contribution in [3.8, 4) is 0 Å². The quantitative estimate of drug-likeness (QED) is 0.652. The van der Waals surface area contributed by atoms with Crippen molar-refractivity contribution < 1.29 is 32.7 Å². The van der Waals surface area contributed by atoms with E-state index in [0.29, 0.717) is 4.90 Å². The summed E-state index contributed by atoms with van der Waals surface area (Å²) < 4.78 is 35.7. The Morgan fingerprint density at radius 1 is 1.47 bits per heavy atom. The van der Waals surface area contributed by atoms with Gasteiger partial charge in [-0.1, -0.05) is 0 Å². The summed E-state index contributed by atoms with van der Waals surface area (Å²) in [5.74, 6) is -1.91. The highest BCUT2D eigenvalue weighted by molar-refractivity contribution is 5.90. The third-order valence-electron chi connectivity index (χ3n) is 2.41. The van der Waals surface area contributed by atoms with Crippen molar-refractivity contribution in [1.29, 1.82) is 0 Å². The zero-order chi connectivity index (χ0) is 14.6. The van der Waals surface area contributed by atoms with Crippen LogP contribution in [0.2, 0.25) is 0 Å². The zero-order valence-electron chi connectivity index (χ0n) is 9.66. The first-order valence-corrected chi connectivity index (χ1v) is 5.31. The van der Waals surface area contributed by atoms with E-state index < -0.39 is 49.6 Å². The molecule has 10 heteroatoms. The number of carboxylic acid groups (broad SMARTS) is 1. The minimum Gasteiger partial charge on any atom is -0.480 e. The van der Waals surface area contributed by atoms with Crippen LogP contribution in [0.3, 0.4) is 0 Å². The fourth-order valence-electron chi connectivity index (χ4n) is 1.49. The molecule has 1 atom stereocenters. The number of hydrogen-bond acceptors (Lipinski definition) is 3. The first-order valence-electron chi connectivity index (χ1n) is 5.31. The Balaban J connectivity index is 2.56. The molecule has 0 radical (unpaired) electrons. The minimum absolute atomic E-state index is 0.277. The second-order valence-electron chi connectivity index (χ2n) is 3.88. The molecular formula is C9H12F3N3O4. The molecule has 0 aromatic rings. The monoisotopic (exact) mass is 283 g/mol. The SMILES string of the molecule is O=C1CN(C(=O)NCCC(F)(F)F)C(C(=O)O)CN1. The lowest BCUT2D eigenvalue weighted by Crippen LogP contribution is -2.61. The van der Waals surface area contributed by atoms with Crippen LogP contribution in [0.15, 0.2) is 0 Å². The summed E-state index contributed by atoms with van der Waals surface area (Å²) in [6.45, 7) is -1.46. The molecule has 1 unspecified atom stereocenters. The Morgan fingerprint density at radius 3 is 2.63 bits per heavy atom. The third kappa shape index (κ3) is 4.64. The van der Waals surface area contributed by atoms with E-state index in [2.05, 4.69) is 5.32 Å². The van der Waals surface area contributed by atoms with Gasteiger partial charge in [0.25, 0.3) is 0 Å². The van der Waals surface area contributed by atoms with Crippen LogP contribution >= 0.6 is 0 Å². The van der Waals surface area contributed by atoms with Crippen LogP contribution in [0.25, 0.3) is 0 Å². The van der Waals surface area contributed by atoms with Crippen molar-refractivity contribution >= 4 is 17.9 Å². The van der Waals surface area contributed by atoms with Crippen LogP contribution in [0.5, 0.6) is 0 Å². The molecule has 0 aliphatic carbocycles. The van der Waals surface area contributed by atoms with Crippen molar-refractivity contribution in [2.45, 2.75) is 18.6 Å². The van der Waals surface area contributed by atoms with Gasteiger partial charge in [0, 0.05) is 13.1 Å². The molecule has 1 aliphatic heterocycles. The number of nitrogens with zero attached hydrogens (tertiary/aromatic N) is 1. The van der Waals surface area contributed by atoms with E-state index >= 15 is 0 Å². The molecule has 1 saturated heterocycles. The van der Waals surface area contributed by atoms with Gasteiger partial charge in [0.05, 0.1) is 6.42 Å². The summed E-state index contributed by atoms with van der Waals surface area (Å²) in [7, 11) is 0. The van der Waals surface area contributed by atoms with E-state index in [1.807, 2.05) is 5.32 Å². The maximum absolute atomic E-state index is 11.9. The molecule has 1 aliphatic rings. The average molecular weight is 283 g/mol. The van der Waals surface area contributed by atoms with Crippen LogP contribution in [0, 0.1) is 0 Å². The number of urea groups is 1. The molecule has 1 rings (SSSR count). The maximum Gasteiger partial charge on any atom is 0.390 e. The van der Waals surface area contributed by atoms with Crippen LogP contribution in [0.1, 0.15) is 6.42 Å². The molecule has 1 fully saturated rings. The number of amides is 3. The molecule has 3 N–H and O–H groups in total. The molecule has 108 valence electrons. The molecule has 19 heavy (non-hydrogen) atoms. The fourth-order valence-corrected chi connectivity index (χ4v) is 1.49. The summed E-state index contributed by atoms with van der Waals surface area (Å²) in [5.41, 5.74) is 0. The van der Waals surface area contributed by atoms with E-state index in [4.69, 9.17) is 5.11 Å². The van der Waals surface area contributed by atoms with Crippen molar-refractivity contribution in [3.63, 3.8) is 0 Å². The van der Waals surface area contributed by atoms with E-state index in [-0.39, 0.29) is 6.54 Å². The lowest BCUT2D eigenvalue weighted by molar-refractivity contribution is -0.144. The highest BCUT2D eigenvalue weighted by Gasteiger charge is 2.35. The summed E-state index contributed by atoms with van der Waals surface area (Å²) in [6.07, 6.45) is -5.64. The number of nitrogens with one attached hydrogen (secondary N) is 2. The Hall–Kier alpha value is -2.00. The van der Waals surface area contributed by atoms with Gasteiger partial charge in [-0.3, -0.25) is 9.69 Å². The standard InChI is InChI=1S/C9H12F3N3O4/c10-9(11,12)1-2-13-8(19)15-4-6(16)14-3-5(15)7(17)18/h5H,1-4H2,(H,13,19)(H,14,16)(H,17,18). The number of halogens is 3. The molecule has 0 bridgehead atoms. The van der Waals surface area contributed by atoms with Gasteiger partial charge in [0.1, 0.15) is 12.6 Å². The molecule has 7 nitrogen and oxygen atoms in total. The number of carboxylic acids is 1. The summed E-state index contributed by atoms with van der Waals surface area (Å²) >= 11 is 0. The Kier molecular flexibility index (Phi) is 4.57. The smallest absolute Gasteiger partial charge is 0.390 e. The number of carbonyl (C=O) groups is 3. The number of aliphatic carboxylic acids is 1. The maximum atomic E-state index is 11.9. The zero-order valence-corrected chi connectivity index (χ0v) is 9.66. The van der Waals surface area contributed by atoms with Crippen molar-refractivity contribution in [2.75, 3.05) is 19.6 Å². The van der Waals surface area contributed by atoms with Gasteiger partial charge in [-0.2, -0.15) is 13.2 Å².